The number of phenolic OH excluding ortho intramolecular Hbond substituents is 1. The predicted molar refractivity (Wildman–Crippen MR) is 66.9 cm³/mol. The minimum Gasteiger partial charge on any atom is -0.506 e. The summed E-state index contributed by atoms with van der Waals surface area (Å²) in [6.45, 7) is 1.76. The molecule has 2 heterocycles. The smallest absolute Gasteiger partial charge is 0.281 e. The van der Waals surface area contributed by atoms with Crippen LogP contribution < -0.4 is 4.90 Å². The molecule has 0 spiro atoms. The molecule has 6 nitrogen and oxygen atoms in total. The summed E-state index contributed by atoms with van der Waals surface area (Å²) < 4.78 is 0. The third kappa shape index (κ3) is 1.46. The quantitative estimate of drug-likeness (QED) is 0.647. The Morgan fingerprint density at radius 1 is 1.33 bits per heavy atom. The van der Waals surface area contributed by atoms with Crippen LogP contribution in [0.3, 0.4) is 0 Å². The van der Waals surface area contributed by atoms with Gasteiger partial charge in [-0.1, -0.05) is 0 Å². The molecular formula is C12H11N3O3. The Morgan fingerprint density at radius 3 is 2.72 bits per heavy atom. The SMILES string of the molecule is O=[N+]([O-])c1ccc(O)c2nccc(N3CCC3)c12. The Kier molecular flexibility index (Phi) is 2.29. The highest BCUT2D eigenvalue weighted by atomic mass is 16.6. The molecular weight excluding hydrogens is 234 g/mol. The van der Waals surface area contributed by atoms with E-state index < -0.39 is 4.92 Å². The fraction of sp³-hybridized carbons (Fsp3) is 0.250. The molecule has 1 fully saturated rings. The van der Waals surface area contributed by atoms with Crippen molar-refractivity contribution in [2.75, 3.05) is 18.0 Å². The van der Waals surface area contributed by atoms with Crippen LogP contribution in [0.25, 0.3) is 10.9 Å². The molecule has 0 saturated carbocycles. The zero-order chi connectivity index (χ0) is 12.7. The van der Waals surface area contributed by atoms with Crippen molar-refractivity contribution in [2.24, 2.45) is 0 Å². The summed E-state index contributed by atoms with van der Waals surface area (Å²) in [6.07, 6.45) is 2.65. The lowest BCUT2D eigenvalue weighted by Crippen LogP contribution is -2.37. The summed E-state index contributed by atoms with van der Waals surface area (Å²) >= 11 is 0. The Balaban J connectivity index is 2.35. The number of hydrogen-bond acceptors (Lipinski definition) is 5. The number of phenols is 1. The van der Waals surface area contributed by atoms with Gasteiger partial charge in [0.15, 0.2) is 0 Å². The second-order valence-electron chi connectivity index (χ2n) is 4.26. The number of aromatic nitrogens is 1. The van der Waals surface area contributed by atoms with Crippen LogP contribution in [-0.2, 0) is 0 Å². The van der Waals surface area contributed by atoms with Crippen LogP contribution in [0.5, 0.6) is 5.75 Å². The summed E-state index contributed by atoms with van der Waals surface area (Å²) in [6, 6.07) is 4.39. The number of nitro benzene ring substituents is 1. The van der Waals surface area contributed by atoms with E-state index in [0.717, 1.165) is 25.2 Å². The third-order valence-electron chi connectivity index (χ3n) is 3.22. The van der Waals surface area contributed by atoms with Gasteiger partial charge in [0.1, 0.15) is 16.7 Å². The first-order chi connectivity index (χ1) is 8.68. The van der Waals surface area contributed by atoms with E-state index in [0.29, 0.717) is 5.39 Å². The van der Waals surface area contributed by atoms with Crippen molar-refractivity contribution in [1.29, 1.82) is 0 Å². The van der Waals surface area contributed by atoms with Gasteiger partial charge in [-0.25, -0.2) is 0 Å². The molecule has 6 heteroatoms. The van der Waals surface area contributed by atoms with E-state index >= 15 is 0 Å². The van der Waals surface area contributed by atoms with Gasteiger partial charge in [0.2, 0.25) is 0 Å². The number of fused-ring (bicyclic) bond motifs is 1. The molecule has 0 unspecified atom stereocenters. The molecule has 0 aliphatic carbocycles. The average Bonchev–Trinajstić information content (AvgIpc) is 2.27. The molecule has 0 bridgehead atoms. The zero-order valence-electron chi connectivity index (χ0n) is 9.54. The summed E-state index contributed by atoms with van der Waals surface area (Å²) in [5, 5.41) is 21.3. The van der Waals surface area contributed by atoms with Gasteiger partial charge in [-0.05, 0) is 18.6 Å². The number of nitrogens with zero attached hydrogens (tertiary/aromatic N) is 3. The van der Waals surface area contributed by atoms with Crippen molar-refractivity contribution in [2.45, 2.75) is 6.42 Å². The molecule has 1 aliphatic rings. The normalized spacial score (nSPS) is 14.6. The number of hydrogen-bond donors (Lipinski definition) is 1. The third-order valence-corrected chi connectivity index (χ3v) is 3.22. The van der Waals surface area contributed by atoms with Crippen LogP contribution >= 0.6 is 0 Å². The van der Waals surface area contributed by atoms with Crippen LogP contribution in [-0.4, -0.2) is 28.1 Å². The summed E-state index contributed by atoms with van der Waals surface area (Å²) in [7, 11) is 0. The number of nitro groups is 1. The first-order valence-electron chi connectivity index (χ1n) is 5.68. The second-order valence-corrected chi connectivity index (χ2v) is 4.26. The molecule has 1 aliphatic heterocycles. The Hall–Kier alpha value is -2.37. The summed E-state index contributed by atoms with van der Waals surface area (Å²) in [5.41, 5.74) is 1.04. The molecule has 1 aromatic carbocycles. The number of rotatable bonds is 2. The molecule has 0 atom stereocenters. The largest absolute Gasteiger partial charge is 0.506 e. The lowest BCUT2D eigenvalue weighted by atomic mass is 10.1. The average molecular weight is 245 g/mol. The first kappa shape index (κ1) is 10.8. The molecule has 0 radical (unpaired) electrons. The molecule has 18 heavy (non-hydrogen) atoms. The van der Waals surface area contributed by atoms with E-state index in [9.17, 15) is 15.2 Å². The van der Waals surface area contributed by atoms with Crippen molar-refractivity contribution in [3.63, 3.8) is 0 Å². The first-order valence-corrected chi connectivity index (χ1v) is 5.68. The molecule has 1 aromatic heterocycles. The maximum Gasteiger partial charge on any atom is 0.281 e. The molecule has 3 rings (SSSR count). The highest BCUT2D eigenvalue weighted by Crippen LogP contribution is 2.38. The topological polar surface area (TPSA) is 79.5 Å². The van der Waals surface area contributed by atoms with Gasteiger partial charge in [-0.3, -0.25) is 15.1 Å². The lowest BCUT2D eigenvalue weighted by molar-refractivity contribution is -0.383. The number of non-ortho nitro benzene ring substituents is 1. The van der Waals surface area contributed by atoms with Crippen molar-refractivity contribution in [3.8, 4) is 5.75 Å². The van der Waals surface area contributed by atoms with Gasteiger partial charge >= 0.3 is 0 Å². The van der Waals surface area contributed by atoms with Gasteiger partial charge in [0.05, 0.1) is 10.6 Å². The van der Waals surface area contributed by atoms with E-state index in [1.807, 2.05) is 0 Å². The second kappa shape index (κ2) is 3.83. The van der Waals surface area contributed by atoms with E-state index in [-0.39, 0.29) is 17.0 Å². The monoisotopic (exact) mass is 245 g/mol. The maximum atomic E-state index is 11.1. The highest BCUT2D eigenvalue weighted by molar-refractivity contribution is 6.01. The fourth-order valence-electron chi connectivity index (χ4n) is 2.19. The van der Waals surface area contributed by atoms with E-state index in [1.54, 1.807) is 12.3 Å². The minimum atomic E-state index is -0.438. The number of pyridine rings is 1. The molecule has 92 valence electrons. The zero-order valence-corrected chi connectivity index (χ0v) is 9.54. The Labute approximate surface area is 103 Å². The van der Waals surface area contributed by atoms with E-state index in [1.165, 1.54) is 12.1 Å². The minimum absolute atomic E-state index is 0.0159. The van der Waals surface area contributed by atoms with Crippen LogP contribution in [0.4, 0.5) is 11.4 Å². The highest BCUT2D eigenvalue weighted by Gasteiger charge is 2.24. The summed E-state index contributed by atoms with van der Waals surface area (Å²) in [4.78, 5) is 16.7. The van der Waals surface area contributed by atoms with Gasteiger partial charge < -0.3 is 10.0 Å². The number of benzene rings is 1. The van der Waals surface area contributed by atoms with Crippen molar-refractivity contribution < 1.29 is 10.0 Å². The van der Waals surface area contributed by atoms with Crippen LogP contribution in [0.2, 0.25) is 0 Å². The van der Waals surface area contributed by atoms with Crippen molar-refractivity contribution >= 4 is 22.3 Å². The number of anilines is 1. The molecule has 2 aromatic rings. The van der Waals surface area contributed by atoms with E-state index in [2.05, 4.69) is 9.88 Å². The van der Waals surface area contributed by atoms with Crippen molar-refractivity contribution in [3.05, 3.63) is 34.5 Å². The van der Waals surface area contributed by atoms with E-state index in [4.69, 9.17) is 0 Å². The van der Waals surface area contributed by atoms with Gasteiger partial charge in [-0.15, -0.1) is 0 Å². The number of aromatic hydroxyl groups is 1. The molecule has 1 saturated heterocycles. The van der Waals surface area contributed by atoms with Crippen molar-refractivity contribution in [1.82, 2.24) is 4.98 Å². The van der Waals surface area contributed by atoms with Gasteiger partial charge in [0, 0.05) is 25.4 Å². The Bertz CT molecular complexity index is 638. The van der Waals surface area contributed by atoms with Crippen LogP contribution in [0.15, 0.2) is 24.4 Å². The maximum absolute atomic E-state index is 11.1. The summed E-state index contributed by atoms with van der Waals surface area (Å²) in [5.74, 6) is -0.0297. The standard InChI is InChI=1S/C12H11N3O3/c16-10-3-2-9(15(17)18)11-8(14-6-1-7-14)4-5-13-12(10)11/h2-5,16H,1,6-7H2. The molecule has 1 N–H and O–H groups in total. The molecule has 0 amide bonds. The predicted octanol–water partition coefficient (Wildman–Crippen LogP) is 2.06. The fourth-order valence-corrected chi connectivity index (χ4v) is 2.19. The van der Waals surface area contributed by atoms with Gasteiger partial charge in [0.25, 0.3) is 5.69 Å². The van der Waals surface area contributed by atoms with Gasteiger partial charge in [-0.2, -0.15) is 0 Å². The van der Waals surface area contributed by atoms with Crippen LogP contribution in [0.1, 0.15) is 6.42 Å². The van der Waals surface area contributed by atoms with Crippen LogP contribution in [0, 0.1) is 10.1 Å². The lowest BCUT2D eigenvalue weighted by Gasteiger charge is -2.33. The Morgan fingerprint density at radius 2 is 2.11 bits per heavy atom.